The van der Waals surface area contributed by atoms with Gasteiger partial charge in [-0.2, -0.15) is 4.99 Å². The van der Waals surface area contributed by atoms with Crippen molar-refractivity contribution in [3.63, 3.8) is 0 Å². The van der Waals surface area contributed by atoms with E-state index in [0.717, 1.165) is 6.07 Å². The number of nitro benzene ring substituents is 1. The molecule has 0 atom stereocenters. The molecular formula is C8H5ClN2O3S2. The van der Waals surface area contributed by atoms with Gasteiger partial charge in [0.15, 0.2) is 0 Å². The lowest BCUT2D eigenvalue weighted by atomic mass is 10.2. The van der Waals surface area contributed by atoms with E-state index in [0.29, 0.717) is 0 Å². The maximum atomic E-state index is 11.4. The Morgan fingerprint density at radius 3 is 2.50 bits per heavy atom. The number of hydrogen-bond acceptors (Lipinski definition) is 3. The second kappa shape index (κ2) is 5.33. The summed E-state index contributed by atoms with van der Waals surface area (Å²) >= 11 is 13.1. The molecule has 1 aromatic carbocycles. The Balaban J connectivity index is 3.13. The summed E-state index contributed by atoms with van der Waals surface area (Å²) in [4.78, 5) is 24.7. The number of thiol groups is 2. The summed E-state index contributed by atoms with van der Waals surface area (Å²) in [6.45, 7) is 0. The first-order valence-electron chi connectivity index (χ1n) is 3.86. The first-order valence-corrected chi connectivity index (χ1v) is 5.14. The van der Waals surface area contributed by atoms with Crippen LogP contribution in [0.25, 0.3) is 0 Å². The molecule has 0 unspecified atom stereocenters. The third kappa shape index (κ3) is 3.22. The molecule has 0 bridgehead atoms. The molecule has 0 saturated heterocycles. The van der Waals surface area contributed by atoms with E-state index in [-0.39, 0.29) is 20.6 Å². The second-order valence-electron chi connectivity index (χ2n) is 2.64. The zero-order valence-corrected chi connectivity index (χ0v) is 10.2. The third-order valence-corrected chi connectivity index (χ3v) is 2.11. The van der Waals surface area contributed by atoms with Crippen LogP contribution in [0.3, 0.4) is 0 Å². The Bertz CT molecular complexity index is 486. The Labute approximate surface area is 106 Å². The standard InChI is InChI=1S/C8H5ClN2O3S2/c9-6-3-4(11(13)14)1-2-5(6)7(12)10-8(15)16/h1-3H,(H2,10,12,15,16). The highest BCUT2D eigenvalue weighted by atomic mass is 35.5. The number of non-ortho nitro benzene ring substituents is 1. The molecule has 0 spiro atoms. The zero-order valence-electron chi connectivity index (χ0n) is 7.62. The minimum absolute atomic E-state index is 0.0144. The highest BCUT2D eigenvalue weighted by Crippen LogP contribution is 2.23. The van der Waals surface area contributed by atoms with Gasteiger partial charge in [-0.1, -0.05) is 11.6 Å². The SMILES string of the molecule is O=C(N=C(S)S)c1ccc([N+](=O)[O-])cc1Cl. The Kier molecular flexibility index (Phi) is 4.34. The number of rotatable bonds is 2. The highest BCUT2D eigenvalue weighted by molar-refractivity contribution is 8.23. The van der Waals surface area contributed by atoms with Gasteiger partial charge in [0.2, 0.25) is 0 Å². The molecule has 0 heterocycles. The highest BCUT2D eigenvalue weighted by Gasteiger charge is 2.14. The topological polar surface area (TPSA) is 72.6 Å². The number of carbonyl (C=O) groups excluding carboxylic acids is 1. The van der Waals surface area contributed by atoms with Crippen molar-refractivity contribution in [2.45, 2.75) is 0 Å². The molecule has 0 radical (unpaired) electrons. The lowest BCUT2D eigenvalue weighted by molar-refractivity contribution is -0.384. The molecule has 16 heavy (non-hydrogen) atoms. The van der Waals surface area contributed by atoms with Crippen LogP contribution in [0.1, 0.15) is 10.4 Å². The first-order chi connectivity index (χ1) is 7.41. The van der Waals surface area contributed by atoms with Gasteiger partial charge in [-0.05, 0) is 6.07 Å². The maximum absolute atomic E-state index is 11.4. The van der Waals surface area contributed by atoms with E-state index in [9.17, 15) is 14.9 Å². The smallest absolute Gasteiger partial charge is 0.267 e. The summed E-state index contributed by atoms with van der Waals surface area (Å²) < 4.78 is -0.0144. The molecule has 1 aromatic rings. The fourth-order valence-corrected chi connectivity index (χ4v) is 1.38. The average molecular weight is 277 g/mol. The molecular weight excluding hydrogens is 272 g/mol. The summed E-state index contributed by atoms with van der Waals surface area (Å²) in [6, 6.07) is 3.49. The van der Waals surface area contributed by atoms with E-state index < -0.39 is 10.8 Å². The number of halogens is 1. The van der Waals surface area contributed by atoms with Crippen LogP contribution in [-0.4, -0.2) is 15.2 Å². The summed E-state index contributed by atoms with van der Waals surface area (Å²) in [5.41, 5.74) is -0.129. The third-order valence-electron chi connectivity index (χ3n) is 1.60. The van der Waals surface area contributed by atoms with Gasteiger partial charge in [-0.25, -0.2) is 0 Å². The van der Waals surface area contributed by atoms with Crippen LogP contribution in [-0.2, 0) is 0 Å². The summed E-state index contributed by atoms with van der Waals surface area (Å²) in [6.07, 6.45) is 0. The number of hydrogen-bond donors (Lipinski definition) is 2. The maximum Gasteiger partial charge on any atom is 0.280 e. The molecule has 1 amide bonds. The van der Waals surface area contributed by atoms with E-state index in [2.05, 4.69) is 30.2 Å². The van der Waals surface area contributed by atoms with Crippen LogP contribution in [0.4, 0.5) is 5.69 Å². The predicted molar refractivity (Wildman–Crippen MR) is 67.8 cm³/mol. The lowest BCUT2D eigenvalue weighted by Gasteiger charge is -1.99. The molecule has 0 fully saturated rings. The van der Waals surface area contributed by atoms with Gasteiger partial charge < -0.3 is 0 Å². The van der Waals surface area contributed by atoms with E-state index in [1.54, 1.807) is 0 Å². The van der Waals surface area contributed by atoms with E-state index in [1.165, 1.54) is 12.1 Å². The van der Waals surface area contributed by atoms with Crippen LogP contribution >= 0.6 is 36.9 Å². The molecule has 0 aliphatic rings. The zero-order chi connectivity index (χ0) is 12.3. The van der Waals surface area contributed by atoms with Gasteiger partial charge in [0.05, 0.1) is 15.5 Å². The van der Waals surface area contributed by atoms with Crippen LogP contribution in [0.5, 0.6) is 0 Å². The molecule has 5 nitrogen and oxygen atoms in total. The van der Waals surface area contributed by atoms with Crippen LogP contribution < -0.4 is 0 Å². The van der Waals surface area contributed by atoms with E-state index in [4.69, 9.17) is 11.6 Å². The van der Waals surface area contributed by atoms with Crippen molar-refractivity contribution in [2.75, 3.05) is 0 Å². The molecule has 84 valence electrons. The normalized spacial score (nSPS) is 9.69. The minimum Gasteiger partial charge on any atom is -0.267 e. The molecule has 8 heteroatoms. The number of nitro groups is 1. The summed E-state index contributed by atoms with van der Waals surface area (Å²) in [7, 11) is 0. The molecule has 0 N–H and O–H groups in total. The number of amides is 1. The van der Waals surface area contributed by atoms with Crippen molar-refractivity contribution in [1.29, 1.82) is 0 Å². The van der Waals surface area contributed by atoms with Crippen molar-refractivity contribution in [3.8, 4) is 0 Å². The van der Waals surface area contributed by atoms with Crippen LogP contribution in [0, 0.1) is 10.1 Å². The summed E-state index contributed by atoms with van der Waals surface area (Å²) in [5.74, 6) is -0.653. The molecule has 0 aliphatic heterocycles. The lowest BCUT2D eigenvalue weighted by Crippen LogP contribution is -1.98. The van der Waals surface area contributed by atoms with Gasteiger partial charge in [0, 0.05) is 12.1 Å². The van der Waals surface area contributed by atoms with Gasteiger partial charge in [0.1, 0.15) is 4.38 Å². The van der Waals surface area contributed by atoms with Crippen molar-refractivity contribution >= 4 is 52.8 Å². The number of carbonyl (C=O) groups is 1. The fourth-order valence-electron chi connectivity index (χ4n) is 0.942. The molecule has 0 saturated carbocycles. The number of nitrogens with zero attached hydrogens (tertiary/aromatic N) is 2. The van der Waals surface area contributed by atoms with E-state index >= 15 is 0 Å². The van der Waals surface area contributed by atoms with Gasteiger partial charge in [-0.15, -0.1) is 25.3 Å². The predicted octanol–water partition coefficient (Wildman–Crippen LogP) is 2.60. The average Bonchev–Trinajstić information content (AvgIpc) is 2.15. The Morgan fingerprint density at radius 1 is 1.44 bits per heavy atom. The summed E-state index contributed by atoms with van der Waals surface area (Å²) in [5, 5.41) is 10.4. The monoisotopic (exact) mass is 276 g/mol. The molecule has 0 aromatic heterocycles. The fraction of sp³-hybridized carbons (Fsp3) is 0. The second-order valence-corrected chi connectivity index (χ2v) is 4.25. The first kappa shape index (κ1) is 13.0. The Hall–Kier alpha value is -1.05. The number of aliphatic imine (C=N–C) groups is 1. The van der Waals surface area contributed by atoms with Crippen molar-refractivity contribution < 1.29 is 9.72 Å². The van der Waals surface area contributed by atoms with Gasteiger partial charge >= 0.3 is 0 Å². The van der Waals surface area contributed by atoms with Gasteiger partial charge in [0.25, 0.3) is 11.6 Å². The number of benzene rings is 1. The Morgan fingerprint density at radius 2 is 2.06 bits per heavy atom. The molecule has 0 aliphatic carbocycles. The van der Waals surface area contributed by atoms with Crippen molar-refractivity contribution in [2.24, 2.45) is 4.99 Å². The van der Waals surface area contributed by atoms with Crippen LogP contribution in [0.15, 0.2) is 23.2 Å². The minimum atomic E-state index is -0.653. The van der Waals surface area contributed by atoms with Crippen molar-refractivity contribution in [1.82, 2.24) is 0 Å². The van der Waals surface area contributed by atoms with Crippen molar-refractivity contribution in [3.05, 3.63) is 38.9 Å². The van der Waals surface area contributed by atoms with Crippen LogP contribution in [0.2, 0.25) is 5.02 Å². The van der Waals surface area contributed by atoms with Gasteiger partial charge in [-0.3, -0.25) is 14.9 Å². The molecule has 1 rings (SSSR count). The quantitative estimate of drug-likeness (QED) is 0.287. The van der Waals surface area contributed by atoms with E-state index in [1.807, 2.05) is 0 Å². The largest absolute Gasteiger partial charge is 0.280 e.